The van der Waals surface area contributed by atoms with Crippen molar-refractivity contribution in [3.63, 3.8) is 0 Å². The molecule has 0 atom stereocenters. The lowest BCUT2D eigenvalue weighted by Gasteiger charge is -2.40. The molecule has 0 saturated heterocycles. The maximum Gasteiger partial charge on any atom is 0.310 e. The van der Waals surface area contributed by atoms with Gasteiger partial charge in [-0.1, -0.05) is 19.4 Å². The molecular formula is C8H10F5NS. The summed E-state index contributed by atoms with van der Waals surface area (Å²) in [5.74, 6) is 0. The molecule has 0 fully saturated rings. The van der Waals surface area contributed by atoms with Crippen molar-refractivity contribution in [2.75, 3.05) is 11.9 Å². The Kier molecular flexibility index (Phi) is 2.24. The van der Waals surface area contributed by atoms with E-state index >= 15 is 0 Å². The summed E-state index contributed by atoms with van der Waals surface area (Å²) in [4.78, 5) is -1.86. The van der Waals surface area contributed by atoms with Crippen LogP contribution in [0.3, 0.4) is 0 Å². The summed E-state index contributed by atoms with van der Waals surface area (Å²) in [5.41, 5.74) is 0.378. The van der Waals surface area contributed by atoms with Crippen LogP contribution >= 0.6 is 10.2 Å². The van der Waals surface area contributed by atoms with Crippen LogP contribution in [0.1, 0.15) is 6.92 Å². The molecule has 0 aliphatic heterocycles. The zero-order valence-corrected chi connectivity index (χ0v) is 8.63. The molecular weight excluding hydrogens is 237 g/mol. The fourth-order valence-corrected chi connectivity index (χ4v) is 1.68. The number of nitrogens with one attached hydrogen (secondary N) is 1. The van der Waals surface area contributed by atoms with Crippen LogP contribution in [0.2, 0.25) is 0 Å². The molecule has 0 aromatic heterocycles. The first-order valence-electron chi connectivity index (χ1n) is 4.11. The first kappa shape index (κ1) is 12.1. The van der Waals surface area contributed by atoms with E-state index < -0.39 is 15.1 Å². The van der Waals surface area contributed by atoms with E-state index in [0.29, 0.717) is 24.4 Å². The predicted molar refractivity (Wildman–Crippen MR) is 52.0 cm³/mol. The standard InChI is InChI=1S/C8H10F5NS/c1-2-14-7-3-5-8(6-4-7)15(9,10,11,12)13/h3-6,14H,2H2,1H3. The average Bonchev–Trinajstić information content (AvgIpc) is 2.01. The highest BCUT2D eigenvalue weighted by Gasteiger charge is 2.65. The molecule has 0 heterocycles. The molecule has 0 aliphatic carbocycles. The molecule has 0 aliphatic rings. The van der Waals surface area contributed by atoms with E-state index in [0.717, 1.165) is 12.1 Å². The number of rotatable bonds is 3. The monoisotopic (exact) mass is 247 g/mol. The Hall–Kier alpha value is -0.980. The van der Waals surface area contributed by atoms with E-state index in [1.807, 2.05) is 0 Å². The lowest BCUT2D eigenvalue weighted by atomic mass is 10.3. The Labute approximate surface area is 84.0 Å². The van der Waals surface area contributed by atoms with Gasteiger partial charge in [0, 0.05) is 12.2 Å². The smallest absolute Gasteiger partial charge is 0.310 e. The molecule has 0 bridgehead atoms. The van der Waals surface area contributed by atoms with Crippen molar-refractivity contribution in [2.45, 2.75) is 11.8 Å². The minimum Gasteiger partial charge on any atom is -0.385 e. The summed E-state index contributed by atoms with van der Waals surface area (Å²) in [7, 11) is -9.51. The van der Waals surface area contributed by atoms with Crippen LogP contribution in [0, 0.1) is 0 Å². The van der Waals surface area contributed by atoms with Gasteiger partial charge in [0.2, 0.25) is 0 Å². The van der Waals surface area contributed by atoms with Gasteiger partial charge < -0.3 is 5.32 Å². The first-order chi connectivity index (χ1) is 6.53. The Bertz CT molecular complexity index is 354. The minimum absolute atomic E-state index is 0.378. The van der Waals surface area contributed by atoms with Gasteiger partial charge in [-0.25, -0.2) is 0 Å². The number of hydrogen-bond donors (Lipinski definition) is 1. The molecule has 0 spiro atoms. The maximum absolute atomic E-state index is 12.2. The summed E-state index contributed by atoms with van der Waals surface area (Å²) in [6, 6.07) is 2.74. The lowest BCUT2D eigenvalue weighted by Crippen LogP contribution is -2.06. The SMILES string of the molecule is CCNc1ccc(S(F)(F)(F)(F)F)cc1. The van der Waals surface area contributed by atoms with Crippen LogP contribution in [0.15, 0.2) is 29.2 Å². The fraction of sp³-hybridized carbons (Fsp3) is 0.250. The Morgan fingerprint density at radius 1 is 1.00 bits per heavy atom. The van der Waals surface area contributed by atoms with Crippen molar-refractivity contribution >= 4 is 15.9 Å². The average molecular weight is 247 g/mol. The van der Waals surface area contributed by atoms with E-state index in [-0.39, 0.29) is 0 Å². The third-order valence-corrected chi connectivity index (χ3v) is 2.84. The van der Waals surface area contributed by atoms with Gasteiger partial charge in [0.1, 0.15) is 4.90 Å². The number of hydrogen-bond acceptors (Lipinski definition) is 1. The second-order valence-corrected chi connectivity index (χ2v) is 5.43. The van der Waals surface area contributed by atoms with Gasteiger partial charge in [-0.15, -0.1) is 0 Å². The van der Waals surface area contributed by atoms with Crippen molar-refractivity contribution in [1.82, 2.24) is 0 Å². The fourth-order valence-electron chi connectivity index (χ4n) is 1.03. The number of halogens is 5. The van der Waals surface area contributed by atoms with Crippen LogP contribution in [0.4, 0.5) is 25.1 Å². The summed E-state index contributed by atoms with van der Waals surface area (Å²) in [6.45, 7) is 2.26. The topological polar surface area (TPSA) is 12.0 Å². The third-order valence-electron chi connectivity index (χ3n) is 1.68. The molecule has 15 heavy (non-hydrogen) atoms. The summed E-state index contributed by atoms with van der Waals surface area (Å²) >= 11 is 0. The van der Waals surface area contributed by atoms with E-state index in [2.05, 4.69) is 5.32 Å². The molecule has 7 heteroatoms. The van der Waals surface area contributed by atoms with E-state index in [1.54, 1.807) is 6.92 Å². The van der Waals surface area contributed by atoms with Gasteiger partial charge in [-0.3, -0.25) is 0 Å². The maximum atomic E-state index is 12.2. The molecule has 0 amide bonds. The molecule has 1 N–H and O–H groups in total. The number of anilines is 1. The first-order valence-corrected chi connectivity index (χ1v) is 6.06. The van der Waals surface area contributed by atoms with Crippen molar-refractivity contribution in [3.05, 3.63) is 24.3 Å². The predicted octanol–water partition coefficient (Wildman–Crippen LogP) is 4.78. The largest absolute Gasteiger partial charge is 0.385 e. The minimum atomic E-state index is -9.51. The molecule has 1 aromatic rings. The second kappa shape index (κ2) is 2.78. The van der Waals surface area contributed by atoms with Crippen molar-refractivity contribution < 1.29 is 19.4 Å². The quantitative estimate of drug-likeness (QED) is 0.758. The molecule has 0 radical (unpaired) electrons. The van der Waals surface area contributed by atoms with Gasteiger partial charge in [0.25, 0.3) is 0 Å². The van der Waals surface area contributed by atoms with Crippen LogP contribution in [-0.4, -0.2) is 6.54 Å². The summed E-state index contributed by atoms with van der Waals surface area (Å²) in [5, 5.41) is 2.71. The van der Waals surface area contributed by atoms with Crippen LogP contribution < -0.4 is 5.32 Å². The van der Waals surface area contributed by atoms with Crippen LogP contribution in [0.5, 0.6) is 0 Å². The second-order valence-electron chi connectivity index (χ2n) is 3.02. The van der Waals surface area contributed by atoms with Gasteiger partial charge in [0.15, 0.2) is 0 Å². The zero-order chi connectivity index (χ0) is 11.8. The van der Waals surface area contributed by atoms with Crippen LogP contribution in [0.25, 0.3) is 0 Å². The van der Waals surface area contributed by atoms with E-state index in [9.17, 15) is 19.4 Å². The summed E-state index contributed by atoms with van der Waals surface area (Å²) < 4.78 is 61.2. The van der Waals surface area contributed by atoms with Crippen molar-refractivity contribution in [3.8, 4) is 0 Å². The molecule has 0 unspecified atom stereocenters. The molecule has 1 nitrogen and oxygen atoms in total. The van der Waals surface area contributed by atoms with Crippen molar-refractivity contribution in [2.24, 2.45) is 0 Å². The molecule has 88 valence electrons. The van der Waals surface area contributed by atoms with E-state index in [4.69, 9.17) is 0 Å². The molecule has 1 aromatic carbocycles. The van der Waals surface area contributed by atoms with Gasteiger partial charge in [-0.2, -0.15) is 0 Å². The molecule has 1 rings (SSSR count). The van der Waals surface area contributed by atoms with Crippen LogP contribution in [-0.2, 0) is 0 Å². The van der Waals surface area contributed by atoms with E-state index in [1.165, 1.54) is 0 Å². The van der Waals surface area contributed by atoms with Gasteiger partial charge in [0.05, 0.1) is 0 Å². The highest BCUT2D eigenvalue weighted by Crippen LogP contribution is 3.02. The Morgan fingerprint density at radius 2 is 1.47 bits per heavy atom. The zero-order valence-electron chi connectivity index (χ0n) is 7.81. The Balaban J connectivity index is 3.11. The van der Waals surface area contributed by atoms with Gasteiger partial charge >= 0.3 is 10.2 Å². The normalized spacial score (nSPS) is 16.7. The Morgan fingerprint density at radius 3 is 1.80 bits per heavy atom. The third kappa shape index (κ3) is 3.26. The van der Waals surface area contributed by atoms with Gasteiger partial charge in [-0.05, 0) is 31.2 Å². The lowest BCUT2D eigenvalue weighted by molar-refractivity contribution is 0.364. The molecule has 0 saturated carbocycles. The van der Waals surface area contributed by atoms with Crippen molar-refractivity contribution in [1.29, 1.82) is 0 Å². The summed E-state index contributed by atoms with van der Waals surface area (Å²) in [6.07, 6.45) is 0. The highest BCUT2D eigenvalue weighted by atomic mass is 32.5. The number of benzene rings is 1. The highest BCUT2D eigenvalue weighted by molar-refractivity contribution is 8.45.